The Morgan fingerprint density at radius 2 is 1.47 bits per heavy atom. The fourth-order valence-corrected chi connectivity index (χ4v) is 4.57. The summed E-state index contributed by atoms with van der Waals surface area (Å²) in [7, 11) is 0. The second kappa shape index (κ2) is 10.8. The largest absolute Gasteiger partial charge is 0.466 e. The molecule has 3 aromatic carbocycles. The molecule has 0 fully saturated rings. The summed E-state index contributed by atoms with van der Waals surface area (Å²) >= 11 is 0. The second-order valence-electron chi connectivity index (χ2n) is 8.39. The molecule has 2 atom stereocenters. The van der Waals surface area contributed by atoms with Crippen LogP contribution in [0, 0.1) is 5.92 Å². The van der Waals surface area contributed by atoms with Crippen LogP contribution in [-0.2, 0) is 22.5 Å². The standard InChI is InChI=1S/C29H31NO2/c1-2-32-29(31)20-26-19-28(25-16-10-5-11-17-25)30(21-24-14-8-4-9-15-24)22-27(26)18-23-12-6-3-7-13-23/h3-17,22,26,28H,2,18-21H2,1H3. The number of carbonyl (C=O) groups is 1. The molecule has 1 aliphatic heterocycles. The summed E-state index contributed by atoms with van der Waals surface area (Å²) in [5.74, 6) is 0.0475. The third-order valence-corrected chi connectivity index (χ3v) is 6.13. The van der Waals surface area contributed by atoms with Crippen molar-refractivity contribution in [2.45, 2.75) is 38.8 Å². The number of benzene rings is 3. The van der Waals surface area contributed by atoms with Gasteiger partial charge in [0, 0.05) is 6.54 Å². The Balaban J connectivity index is 1.69. The molecule has 0 aromatic heterocycles. The average Bonchev–Trinajstić information content (AvgIpc) is 2.83. The van der Waals surface area contributed by atoms with E-state index >= 15 is 0 Å². The first-order valence-electron chi connectivity index (χ1n) is 11.5. The first-order valence-corrected chi connectivity index (χ1v) is 11.5. The SMILES string of the molecule is CCOC(=O)CC1CC(c2ccccc2)N(Cc2ccccc2)C=C1Cc1ccccc1. The van der Waals surface area contributed by atoms with E-state index in [0.717, 1.165) is 19.4 Å². The lowest BCUT2D eigenvalue weighted by Crippen LogP contribution is -2.32. The van der Waals surface area contributed by atoms with Crippen LogP contribution in [0.15, 0.2) is 103 Å². The molecule has 164 valence electrons. The third kappa shape index (κ3) is 5.67. The minimum Gasteiger partial charge on any atom is -0.466 e. The number of rotatable bonds is 8. The predicted octanol–water partition coefficient (Wildman–Crippen LogP) is 6.33. The van der Waals surface area contributed by atoms with Gasteiger partial charge in [0.25, 0.3) is 0 Å². The minimum atomic E-state index is -0.111. The van der Waals surface area contributed by atoms with Crippen molar-refractivity contribution >= 4 is 5.97 Å². The topological polar surface area (TPSA) is 29.5 Å². The normalized spacial score (nSPS) is 18.2. The number of esters is 1. The van der Waals surface area contributed by atoms with Crippen molar-refractivity contribution < 1.29 is 9.53 Å². The maximum absolute atomic E-state index is 12.5. The molecule has 3 nitrogen and oxygen atoms in total. The molecule has 0 N–H and O–H groups in total. The molecular formula is C29H31NO2. The zero-order valence-electron chi connectivity index (χ0n) is 18.7. The Morgan fingerprint density at radius 3 is 2.09 bits per heavy atom. The molecular weight excluding hydrogens is 394 g/mol. The van der Waals surface area contributed by atoms with E-state index in [0.29, 0.717) is 13.0 Å². The summed E-state index contributed by atoms with van der Waals surface area (Å²) in [5.41, 5.74) is 5.14. The van der Waals surface area contributed by atoms with E-state index in [-0.39, 0.29) is 17.9 Å². The number of carbonyl (C=O) groups excluding carboxylic acids is 1. The lowest BCUT2D eigenvalue weighted by Gasteiger charge is -2.40. The van der Waals surface area contributed by atoms with Crippen LogP contribution in [0.1, 0.15) is 42.5 Å². The van der Waals surface area contributed by atoms with Crippen molar-refractivity contribution in [3.63, 3.8) is 0 Å². The summed E-state index contributed by atoms with van der Waals surface area (Å²) in [6.07, 6.45) is 4.48. The molecule has 32 heavy (non-hydrogen) atoms. The van der Waals surface area contributed by atoms with Gasteiger partial charge in [0.15, 0.2) is 0 Å². The number of allylic oxidation sites excluding steroid dienone is 1. The van der Waals surface area contributed by atoms with Gasteiger partial charge in [0.1, 0.15) is 0 Å². The molecule has 2 unspecified atom stereocenters. The van der Waals surface area contributed by atoms with Gasteiger partial charge in [-0.15, -0.1) is 0 Å². The monoisotopic (exact) mass is 425 g/mol. The third-order valence-electron chi connectivity index (χ3n) is 6.13. The van der Waals surface area contributed by atoms with E-state index in [1.54, 1.807) is 0 Å². The molecule has 0 radical (unpaired) electrons. The molecule has 1 aliphatic rings. The molecule has 0 spiro atoms. The van der Waals surface area contributed by atoms with Gasteiger partial charge < -0.3 is 9.64 Å². The highest BCUT2D eigenvalue weighted by atomic mass is 16.5. The Labute approximate surface area is 191 Å². The van der Waals surface area contributed by atoms with Crippen LogP contribution < -0.4 is 0 Å². The fraction of sp³-hybridized carbons (Fsp3) is 0.276. The summed E-state index contributed by atoms with van der Waals surface area (Å²) in [6, 6.07) is 32.0. The fourth-order valence-electron chi connectivity index (χ4n) is 4.57. The van der Waals surface area contributed by atoms with Gasteiger partial charge in [-0.1, -0.05) is 91.0 Å². The van der Waals surface area contributed by atoms with Crippen LogP contribution >= 0.6 is 0 Å². The number of hydrogen-bond acceptors (Lipinski definition) is 3. The zero-order valence-corrected chi connectivity index (χ0v) is 18.7. The van der Waals surface area contributed by atoms with Gasteiger partial charge >= 0.3 is 5.97 Å². The van der Waals surface area contributed by atoms with Gasteiger partial charge in [-0.3, -0.25) is 4.79 Å². The van der Waals surface area contributed by atoms with Crippen molar-refractivity contribution in [3.05, 3.63) is 119 Å². The first kappa shape index (κ1) is 21.9. The maximum atomic E-state index is 12.5. The van der Waals surface area contributed by atoms with E-state index < -0.39 is 0 Å². The highest BCUT2D eigenvalue weighted by Crippen LogP contribution is 2.40. The lowest BCUT2D eigenvalue weighted by atomic mass is 9.81. The molecule has 3 heteroatoms. The van der Waals surface area contributed by atoms with E-state index in [1.165, 1.54) is 22.3 Å². The minimum absolute atomic E-state index is 0.111. The highest BCUT2D eigenvalue weighted by Gasteiger charge is 2.32. The van der Waals surface area contributed by atoms with Crippen molar-refractivity contribution in [1.29, 1.82) is 0 Å². The summed E-state index contributed by atoms with van der Waals surface area (Å²) in [6.45, 7) is 3.13. The van der Waals surface area contributed by atoms with Crippen LogP contribution in [0.4, 0.5) is 0 Å². The van der Waals surface area contributed by atoms with Gasteiger partial charge in [-0.2, -0.15) is 0 Å². The summed E-state index contributed by atoms with van der Waals surface area (Å²) < 4.78 is 5.33. The molecule has 0 aliphatic carbocycles. The Morgan fingerprint density at radius 1 is 0.875 bits per heavy atom. The Kier molecular flexibility index (Phi) is 7.39. The van der Waals surface area contributed by atoms with E-state index in [1.807, 2.05) is 13.0 Å². The summed E-state index contributed by atoms with van der Waals surface area (Å²) in [5, 5.41) is 0. The molecule has 3 aromatic rings. The van der Waals surface area contributed by atoms with E-state index in [2.05, 4.69) is 96.0 Å². The Bertz CT molecular complexity index is 1010. The number of hydrogen-bond donors (Lipinski definition) is 0. The Hall–Kier alpha value is -3.33. The van der Waals surface area contributed by atoms with Crippen molar-refractivity contribution in [2.24, 2.45) is 5.92 Å². The van der Waals surface area contributed by atoms with Gasteiger partial charge in [0.2, 0.25) is 0 Å². The van der Waals surface area contributed by atoms with E-state index in [4.69, 9.17) is 4.74 Å². The van der Waals surface area contributed by atoms with Crippen LogP contribution in [0.2, 0.25) is 0 Å². The molecule has 0 saturated carbocycles. The smallest absolute Gasteiger partial charge is 0.306 e. The molecule has 4 rings (SSSR count). The lowest BCUT2D eigenvalue weighted by molar-refractivity contribution is -0.144. The van der Waals surface area contributed by atoms with Crippen LogP contribution in [0.3, 0.4) is 0 Å². The van der Waals surface area contributed by atoms with Crippen LogP contribution in [-0.4, -0.2) is 17.5 Å². The number of ether oxygens (including phenoxy) is 1. The van der Waals surface area contributed by atoms with Crippen LogP contribution in [0.25, 0.3) is 0 Å². The molecule has 0 saturated heterocycles. The maximum Gasteiger partial charge on any atom is 0.306 e. The first-order chi connectivity index (χ1) is 15.7. The zero-order chi connectivity index (χ0) is 22.2. The predicted molar refractivity (Wildman–Crippen MR) is 129 cm³/mol. The average molecular weight is 426 g/mol. The summed E-state index contributed by atoms with van der Waals surface area (Å²) in [4.78, 5) is 14.9. The molecule has 0 amide bonds. The van der Waals surface area contributed by atoms with Gasteiger partial charge in [0.05, 0.1) is 19.1 Å². The van der Waals surface area contributed by atoms with Crippen molar-refractivity contribution in [2.75, 3.05) is 6.61 Å². The second-order valence-corrected chi connectivity index (χ2v) is 8.39. The van der Waals surface area contributed by atoms with Crippen molar-refractivity contribution in [1.82, 2.24) is 4.90 Å². The highest BCUT2D eigenvalue weighted by molar-refractivity contribution is 5.70. The van der Waals surface area contributed by atoms with E-state index in [9.17, 15) is 4.79 Å². The van der Waals surface area contributed by atoms with Gasteiger partial charge in [-0.05, 0) is 54.1 Å². The number of nitrogens with zero attached hydrogens (tertiary/aromatic N) is 1. The quantitative estimate of drug-likeness (QED) is 0.395. The van der Waals surface area contributed by atoms with Crippen molar-refractivity contribution in [3.8, 4) is 0 Å². The van der Waals surface area contributed by atoms with Crippen LogP contribution in [0.5, 0.6) is 0 Å². The van der Waals surface area contributed by atoms with Gasteiger partial charge in [-0.25, -0.2) is 0 Å². The molecule has 0 bridgehead atoms. The molecule has 1 heterocycles.